The van der Waals surface area contributed by atoms with Crippen molar-refractivity contribution in [3.8, 4) is 21.9 Å². The van der Waals surface area contributed by atoms with Crippen molar-refractivity contribution in [1.29, 1.82) is 0 Å². The summed E-state index contributed by atoms with van der Waals surface area (Å²) in [4.78, 5) is 58.9. The number of ether oxygens (including phenoxy) is 2. The zero-order chi connectivity index (χ0) is 40.9. The van der Waals surface area contributed by atoms with Gasteiger partial charge in [-0.3, -0.25) is 19.7 Å². The average molecular weight is 826 g/mol. The van der Waals surface area contributed by atoms with Crippen molar-refractivity contribution in [1.82, 2.24) is 20.5 Å². The van der Waals surface area contributed by atoms with E-state index >= 15 is 4.39 Å². The van der Waals surface area contributed by atoms with Gasteiger partial charge in [0.1, 0.15) is 23.6 Å². The van der Waals surface area contributed by atoms with Gasteiger partial charge in [0.25, 0.3) is 5.91 Å². The number of aliphatic hydroxyl groups is 1. The zero-order valence-electron chi connectivity index (χ0n) is 32.7. The summed E-state index contributed by atoms with van der Waals surface area (Å²) < 4.78 is 25.5. The fourth-order valence-corrected chi connectivity index (χ4v) is 9.57. The van der Waals surface area contributed by atoms with Gasteiger partial charge in [0, 0.05) is 30.3 Å². The Morgan fingerprint density at radius 3 is 2.42 bits per heavy atom. The van der Waals surface area contributed by atoms with Crippen LogP contribution in [-0.4, -0.2) is 98.5 Å². The van der Waals surface area contributed by atoms with E-state index in [1.54, 1.807) is 46.8 Å². The first kappa shape index (κ1) is 42.2. The number of β-amino-alcohol motifs (C(OH)–C–C–N with tert-alkyl or cyclic N) is 1. The Labute approximate surface area is 340 Å². The van der Waals surface area contributed by atoms with Crippen LogP contribution >= 0.6 is 23.1 Å². The predicted molar refractivity (Wildman–Crippen MR) is 217 cm³/mol. The molecule has 3 atom stereocenters. The number of carbonyl (C=O) groups is 4. The fourth-order valence-electron chi connectivity index (χ4n) is 7.44. The number of anilines is 1. The quantitative estimate of drug-likeness (QED) is 0.112. The minimum atomic E-state index is -2.00. The Bertz CT molecular complexity index is 1910. The van der Waals surface area contributed by atoms with E-state index < -0.39 is 52.4 Å². The number of carbonyl (C=O) groups excluding carboxylic acids is 3. The molecule has 13 nitrogen and oxygen atoms in total. The van der Waals surface area contributed by atoms with Crippen molar-refractivity contribution < 1.29 is 43.3 Å². The summed E-state index contributed by atoms with van der Waals surface area (Å²) in [5, 5.41) is 27.7. The van der Waals surface area contributed by atoms with Gasteiger partial charge >= 0.3 is 6.09 Å². The first-order valence-electron chi connectivity index (χ1n) is 19.4. The molecular formula is C41H52FN5O8S2. The Morgan fingerprint density at radius 2 is 1.79 bits per heavy atom. The maximum Gasteiger partial charge on any atom is 0.409 e. The van der Waals surface area contributed by atoms with E-state index in [1.807, 2.05) is 45.0 Å². The van der Waals surface area contributed by atoms with E-state index in [1.165, 1.54) is 12.0 Å². The molecule has 57 heavy (non-hydrogen) atoms. The number of halogens is 1. The first-order valence-corrected chi connectivity index (χ1v) is 21.2. The summed E-state index contributed by atoms with van der Waals surface area (Å²) in [5.74, 6) is 0.588. The second-order valence-corrected chi connectivity index (χ2v) is 18.4. The fraction of sp³-hybridized carbons (Fsp3) is 0.537. The molecule has 4 amide bonds. The Kier molecular flexibility index (Phi) is 13.3. The molecule has 1 aliphatic heterocycles. The molecule has 1 unspecified atom stereocenters. The van der Waals surface area contributed by atoms with Crippen molar-refractivity contribution >= 4 is 52.6 Å². The van der Waals surface area contributed by atoms with Gasteiger partial charge in [-0.15, -0.1) is 11.3 Å². The number of nitrogens with one attached hydrogen (secondary N) is 3. The van der Waals surface area contributed by atoms with Gasteiger partial charge in [-0.25, -0.2) is 14.2 Å². The van der Waals surface area contributed by atoms with E-state index in [-0.39, 0.29) is 32.4 Å². The number of rotatable bonds is 16. The number of hydrogen-bond acceptors (Lipinski definition) is 10. The SMILES string of the molecule is COc1cc(OCC2CCC(CSC(C)(C)C(NC(=O)C3(F)CC3)C(=O)N3C[C@H](O)C[C@H]3C(=O)NCc3ccc(-c4scnc4C)cc3)CC2)ccc1NC(=O)O. The van der Waals surface area contributed by atoms with Crippen LogP contribution < -0.4 is 25.4 Å². The van der Waals surface area contributed by atoms with E-state index in [0.29, 0.717) is 41.4 Å². The lowest BCUT2D eigenvalue weighted by molar-refractivity contribution is -0.143. The number of alkyl halides is 1. The smallest absolute Gasteiger partial charge is 0.409 e. The summed E-state index contributed by atoms with van der Waals surface area (Å²) in [7, 11) is 1.46. The molecule has 2 heterocycles. The highest BCUT2D eigenvalue weighted by Crippen LogP contribution is 2.42. The lowest BCUT2D eigenvalue weighted by Gasteiger charge is -2.38. The molecule has 2 aromatic carbocycles. The van der Waals surface area contributed by atoms with E-state index in [4.69, 9.17) is 14.6 Å². The summed E-state index contributed by atoms with van der Waals surface area (Å²) in [6.07, 6.45) is 1.88. The van der Waals surface area contributed by atoms with Gasteiger partial charge < -0.3 is 35.2 Å². The number of nitrogens with zero attached hydrogens (tertiary/aromatic N) is 2. The molecule has 3 fully saturated rings. The number of methoxy groups -OCH3 is 1. The number of thioether (sulfide) groups is 1. The molecule has 0 bridgehead atoms. The highest BCUT2D eigenvalue weighted by atomic mass is 32.2. The number of hydrogen-bond donors (Lipinski definition) is 5. The Balaban J connectivity index is 1.04. The number of amides is 4. The van der Waals surface area contributed by atoms with Gasteiger partial charge in [0.05, 0.1) is 41.6 Å². The molecule has 1 aromatic heterocycles. The van der Waals surface area contributed by atoms with Crippen LogP contribution in [0.2, 0.25) is 0 Å². The molecule has 3 aromatic rings. The molecule has 3 aliphatic rings. The molecule has 1 saturated heterocycles. The number of aliphatic hydroxyl groups excluding tert-OH is 1. The Morgan fingerprint density at radius 1 is 1.09 bits per heavy atom. The third-order valence-corrected chi connectivity index (χ3v) is 13.8. The first-order chi connectivity index (χ1) is 27.2. The average Bonchev–Trinajstić information content (AvgIpc) is 3.60. The standard InChI is InChI=1S/C41H52FN5O8S2/c1-24-34(56-23-44-24)28-11-9-25(10-12-28)19-43-36(49)32-17-29(48)20-47(32)37(50)35(46-38(51)41(42)15-16-41)40(2,3)57-22-27-7-5-26(6-8-27)21-55-30-13-14-31(45-39(52)53)33(18-30)54-4/h9-14,18,23,26-27,29,32,35,45,48H,5-8,15-17,19-22H2,1-4H3,(H,43,49)(H,46,51)(H,52,53)/t26?,27?,29-,32+,35?/m1/s1. The van der Waals surface area contributed by atoms with Crippen LogP contribution in [0.5, 0.6) is 11.5 Å². The van der Waals surface area contributed by atoms with Crippen LogP contribution in [0.1, 0.15) is 70.1 Å². The topological polar surface area (TPSA) is 179 Å². The number of benzene rings is 2. The summed E-state index contributed by atoms with van der Waals surface area (Å²) >= 11 is 3.11. The largest absolute Gasteiger partial charge is 0.494 e. The zero-order valence-corrected chi connectivity index (χ0v) is 34.3. The van der Waals surface area contributed by atoms with E-state index in [9.17, 15) is 24.3 Å². The minimum absolute atomic E-state index is 0.0518. The highest BCUT2D eigenvalue weighted by molar-refractivity contribution is 8.00. The van der Waals surface area contributed by atoms with Gasteiger partial charge in [-0.05, 0) is 100 Å². The monoisotopic (exact) mass is 825 g/mol. The lowest BCUT2D eigenvalue weighted by Crippen LogP contribution is -2.61. The third kappa shape index (κ3) is 10.6. The molecule has 0 spiro atoms. The number of likely N-dealkylation sites (tertiary alicyclic amines) is 1. The van der Waals surface area contributed by atoms with Crippen LogP contribution in [0.4, 0.5) is 14.9 Å². The molecule has 2 aliphatic carbocycles. The van der Waals surface area contributed by atoms with Crippen LogP contribution in [0.15, 0.2) is 48.0 Å². The van der Waals surface area contributed by atoms with Crippen LogP contribution in [0, 0.1) is 18.8 Å². The van der Waals surface area contributed by atoms with Crippen molar-refractivity contribution in [3.63, 3.8) is 0 Å². The van der Waals surface area contributed by atoms with Crippen molar-refractivity contribution in [2.75, 3.05) is 31.3 Å². The number of aryl methyl sites for hydroxylation is 1. The number of carboxylic acid groups (broad SMARTS) is 1. The van der Waals surface area contributed by atoms with Gasteiger partial charge in [0.2, 0.25) is 11.8 Å². The molecule has 2 saturated carbocycles. The second-order valence-electron chi connectivity index (χ2n) is 15.9. The normalized spacial score (nSPS) is 22.0. The molecule has 5 N–H and O–H groups in total. The molecule has 308 valence electrons. The van der Waals surface area contributed by atoms with Crippen molar-refractivity contribution in [2.24, 2.45) is 11.8 Å². The van der Waals surface area contributed by atoms with Gasteiger partial charge in [0.15, 0.2) is 5.67 Å². The summed E-state index contributed by atoms with van der Waals surface area (Å²) in [6, 6.07) is 10.7. The summed E-state index contributed by atoms with van der Waals surface area (Å²) in [5.41, 5.74) is 2.99. The number of aromatic nitrogens is 1. The van der Waals surface area contributed by atoms with E-state index in [2.05, 4.69) is 20.9 Å². The van der Waals surface area contributed by atoms with E-state index in [0.717, 1.165) is 47.4 Å². The van der Waals surface area contributed by atoms with Crippen molar-refractivity contribution in [3.05, 3.63) is 59.2 Å². The lowest BCUT2D eigenvalue weighted by atomic mass is 9.83. The highest BCUT2D eigenvalue weighted by Gasteiger charge is 2.54. The van der Waals surface area contributed by atoms with Gasteiger partial charge in [-0.2, -0.15) is 11.8 Å². The predicted octanol–water partition coefficient (Wildman–Crippen LogP) is 6.18. The third-order valence-electron chi connectivity index (χ3n) is 11.2. The van der Waals surface area contributed by atoms with Gasteiger partial charge in [-0.1, -0.05) is 24.3 Å². The molecule has 6 rings (SSSR count). The van der Waals surface area contributed by atoms with Crippen LogP contribution in [0.3, 0.4) is 0 Å². The molecular weight excluding hydrogens is 774 g/mol. The van der Waals surface area contributed by atoms with Crippen LogP contribution in [0.25, 0.3) is 10.4 Å². The maximum absolute atomic E-state index is 15.0. The van der Waals surface area contributed by atoms with Crippen LogP contribution in [-0.2, 0) is 20.9 Å². The second kappa shape index (κ2) is 18.0. The Hall–Kier alpha value is -4.41. The summed E-state index contributed by atoms with van der Waals surface area (Å²) in [6.45, 7) is 6.34. The molecule has 0 radical (unpaired) electrons. The minimum Gasteiger partial charge on any atom is -0.494 e. The maximum atomic E-state index is 15.0. The van der Waals surface area contributed by atoms with Crippen molar-refractivity contribution in [2.45, 2.75) is 101 Å². The molecule has 16 heteroatoms. The number of thiazole rings is 1.